The summed E-state index contributed by atoms with van der Waals surface area (Å²) in [5.41, 5.74) is 1.43. The molecular weight excluding hydrogens is 232 g/mol. The van der Waals surface area contributed by atoms with Gasteiger partial charge < -0.3 is 0 Å². The van der Waals surface area contributed by atoms with E-state index in [0.29, 0.717) is 0 Å². The predicted octanol–water partition coefficient (Wildman–Crippen LogP) is 5.28. The number of benzene rings is 2. The molecule has 0 bridgehead atoms. The lowest BCUT2D eigenvalue weighted by molar-refractivity contribution is 1.28. The third kappa shape index (κ3) is 3.57. The van der Waals surface area contributed by atoms with Crippen LogP contribution < -0.4 is 0 Å². The van der Waals surface area contributed by atoms with Crippen molar-refractivity contribution in [1.29, 1.82) is 0 Å². The van der Waals surface area contributed by atoms with E-state index < -0.39 is 8.07 Å². The van der Waals surface area contributed by atoms with E-state index in [1.807, 2.05) is 0 Å². The predicted molar refractivity (Wildman–Crippen MR) is 84.9 cm³/mol. The molecule has 0 spiro atoms. The lowest BCUT2D eigenvalue weighted by Crippen LogP contribution is -2.17. The first-order valence-corrected chi connectivity index (χ1v) is 10.4. The van der Waals surface area contributed by atoms with E-state index in [9.17, 15) is 0 Å². The maximum atomic E-state index is 2.41. The maximum Gasteiger partial charge on any atom is 0.0480 e. The van der Waals surface area contributed by atoms with Gasteiger partial charge in [-0.05, 0) is 28.8 Å². The van der Waals surface area contributed by atoms with Crippen LogP contribution in [0, 0.1) is 0 Å². The smallest absolute Gasteiger partial charge is 0.0480 e. The van der Waals surface area contributed by atoms with Crippen molar-refractivity contribution >= 4 is 18.8 Å². The van der Waals surface area contributed by atoms with Crippen molar-refractivity contribution in [2.75, 3.05) is 0 Å². The summed E-state index contributed by atoms with van der Waals surface area (Å²) in [6.07, 6.45) is 5.75. The highest BCUT2D eigenvalue weighted by Gasteiger charge is 2.09. The molecule has 0 nitrogen and oxygen atoms in total. The van der Waals surface area contributed by atoms with Gasteiger partial charge in [-0.2, -0.15) is 0 Å². The molecule has 0 saturated heterocycles. The zero-order chi connectivity index (χ0) is 13.0. The molecule has 0 aliphatic rings. The van der Waals surface area contributed by atoms with E-state index in [4.69, 9.17) is 0 Å². The Hall–Kier alpha value is -1.34. The van der Waals surface area contributed by atoms with Crippen LogP contribution in [-0.4, -0.2) is 8.07 Å². The van der Waals surface area contributed by atoms with Crippen molar-refractivity contribution in [3.05, 3.63) is 60.2 Å². The Bertz CT molecular complexity index is 542. The fraction of sp³-hybridized carbons (Fsp3) is 0.294. The molecule has 0 fully saturated rings. The third-order valence-electron chi connectivity index (χ3n) is 3.11. The molecule has 1 heteroatoms. The minimum Gasteiger partial charge on any atom is -0.0909 e. The van der Waals surface area contributed by atoms with Gasteiger partial charge in [0.25, 0.3) is 0 Å². The molecule has 0 saturated carbocycles. The Labute approximate surface area is 111 Å². The van der Waals surface area contributed by atoms with E-state index in [1.54, 1.807) is 0 Å². The Balaban J connectivity index is 2.13. The topological polar surface area (TPSA) is 0 Å². The Morgan fingerprint density at radius 2 is 1.61 bits per heavy atom. The van der Waals surface area contributed by atoms with Crippen molar-refractivity contribution in [3.8, 4) is 0 Å². The highest BCUT2D eigenvalue weighted by atomic mass is 28.3. The average molecular weight is 254 g/mol. The standard InChI is InChI=1S/C17H22Si/c1-18(2,3)14-7-6-10-16-12-8-11-15-9-4-5-13-17(15)16/h4-9,11-13H,10,14H2,1-3H3/b7-6+. The zero-order valence-electron chi connectivity index (χ0n) is 11.6. The molecule has 0 radical (unpaired) electrons. The molecule has 2 aromatic rings. The van der Waals surface area contributed by atoms with Gasteiger partial charge in [0.2, 0.25) is 0 Å². The van der Waals surface area contributed by atoms with Crippen LogP contribution in [0.3, 0.4) is 0 Å². The monoisotopic (exact) mass is 254 g/mol. The van der Waals surface area contributed by atoms with E-state index in [0.717, 1.165) is 6.42 Å². The fourth-order valence-electron chi connectivity index (χ4n) is 2.12. The molecule has 0 aromatic heterocycles. The SMILES string of the molecule is C[Si](C)(C)C/C=C/Cc1cccc2ccccc12. The van der Waals surface area contributed by atoms with Crippen LogP contribution in [0.2, 0.25) is 25.7 Å². The summed E-state index contributed by atoms with van der Waals surface area (Å²) in [6.45, 7) is 7.24. The average Bonchev–Trinajstić information content (AvgIpc) is 2.33. The van der Waals surface area contributed by atoms with Crippen LogP contribution in [0.5, 0.6) is 0 Å². The van der Waals surface area contributed by atoms with Gasteiger partial charge >= 0.3 is 0 Å². The number of hydrogen-bond acceptors (Lipinski definition) is 0. The fourth-order valence-corrected chi connectivity index (χ4v) is 2.99. The summed E-state index contributed by atoms with van der Waals surface area (Å²) >= 11 is 0. The van der Waals surface area contributed by atoms with Crippen molar-refractivity contribution in [1.82, 2.24) is 0 Å². The van der Waals surface area contributed by atoms with Crippen LogP contribution >= 0.6 is 0 Å². The van der Waals surface area contributed by atoms with Crippen LogP contribution in [0.1, 0.15) is 5.56 Å². The summed E-state index contributed by atoms with van der Waals surface area (Å²) in [6, 6.07) is 16.5. The van der Waals surface area contributed by atoms with Gasteiger partial charge in [-0.25, -0.2) is 0 Å². The molecule has 18 heavy (non-hydrogen) atoms. The van der Waals surface area contributed by atoms with Gasteiger partial charge in [0.15, 0.2) is 0 Å². The van der Waals surface area contributed by atoms with Crippen LogP contribution in [0.15, 0.2) is 54.6 Å². The summed E-state index contributed by atoms with van der Waals surface area (Å²) < 4.78 is 0. The molecule has 0 aliphatic carbocycles. The second kappa shape index (κ2) is 5.53. The molecule has 0 heterocycles. The second-order valence-corrected chi connectivity index (χ2v) is 11.6. The molecule has 0 amide bonds. The van der Waals surface area contributed by atoms with Crippen LogP contribution in [-0.2, 0) is 6.42 Å². The van der Waals surface area contributed by atoms with Crippen molar-refractivity contribution < 1.29 is 0 Å². The van der Waals surface area contributed by atoms with Crippen molar-refractivity contribution in [2.24, 2.45) is 0 Å². The Kier molecular flexibility index (Phi) is 4.03. The Morgan fingerprint density at radius 1 is 0.889 bits per heavy atom. The summed E-state index contributed by atoms with van der Waals surface area (Å²) in [4.78, 5) is 0. The summed E-state index contributed by atoms with van der Waals surface area (Å²) in [5.74, 6) is 0. The highest BCUT2D eigenvalue weighted by molar-refractivity contribution is 6.76. The van der Waals surface area contributed by atoms with Gasteiger partial charge in [-0.1, -0.05) is 74.3 Å². The minimum absolute atomic E-state index is 0.936. The van der Waals surface area contributed by atoms with Gasteiger partial charge in [0, 0.05) is 8.07 Å². The number of fused-ring (bicyclic) bond motifs is 1. The van der Waals surface area contributed by atoms with Gasteiger partial charge in [0.1, 0.15) is 0 Å². The van der Waals surface area contributed by atoms with Crippen molar-refractivity contribution in [3.63, 3.8) is 0 Å². The number of rotatable bonds is 4. The lowest BCUT2D eigenvalue weighted by Gasteiger charge is -2.11. The zero-order valence-corrected chi connectivity index (χ0v) is 12.6. The number of hydrogen-bond donors (Lipinski definition) is 0. The molecular formula is C17H22Si. The third-order valence-corrected chi connectivity index (χ3v) is 4.58. The van der Waals surface area contributed by atoms with Crippen molar-refractivity contribution in [2.45, 2.75) is 32.1 Å². The molecule has 2 rings (SSSR count). The molecule has 0 N–H and O–H groups in total. The normalized spacial score (nSPS) is 12.4. The van der Waals surface area contributed by atoms with E-state index in [1.165, 1.54) is 22.4 Å². The number of allylic oxidation sites excluding steroid dienone is 2. The summed E-state index contributed by atoms with van der Waals surface area (Å²) in [5, 5.41) is 2.73. The molecule has 2 aromatic carbocycles. The highest BCUT2D eigenvalue weighted by Crippen LogP contribution is 2.19. The van der Waals surface area contributed by atoms with E-state index in [2.05, 4.69) is 74.3 Å². The van der Waals surface area contributed by atoms with Crippen LogP contribution in [0.4, 0.5) is 0 Å². The molecule has 94 valence electrons. The largest absolute Gasteiger partial charge is 0.0909 e. The van der Waals surface area contributed by atoms with E-state index >= 15 is 0 Å². The van der Waals surface area contributed by atoms with Crippen LogP contribution in [0.25, 0.3) is 10.8 Å². The summed E-state index contributed by atoms with van der Waals surface area (Å²) in [7, 11) is -0.936. The van der Waals surface area contributed by atoms with Gasteiger partial charge in [-0.15, -0.1) is 0 Å². The minimum atomic E-state index is -0.936. The first kappa shape index (κ1) is 13.1. The maximum absolute atomic E-state index is 2.41. The Morgan fingerprint density at radius 3 is 2.39 bits per heavy atom. The lowest BCUT2D eigenvalue weighted by atomic mass is 10.0. The van der Waals surface area contributed by atoms with E-state index in [-0.39, 0.29) is 0 Å². The molecule has 0 aliphatic heterocycles. The quantitative estimate of drug-likeness (QED) is 0.514. The van der Waals surface area contributed by atoms with Gasteiger partial charge in [-0.3, -0.25) is 0 Å². The van der Waals surface area contributed by atoms with Gasteiger partial charge in [0.05, 0.1) is 0 Å². The first-order chi connectivity index (χ1) is 8.56. The molecule has 0 unspecified atom stereocenters. The first-order valence-electron chi connectivity index (χ1n) is 6.68. The molecule has 0 atom stereocenters. The second-order valence-electron chi connectivity index (χ2n) is 6.08.